The Morgan fingerprint density at radius 3 is 2.46 bits per heavy atom. The first-order valence-electron chi connectivity index (χ1n) is 9.14. The van der Waals surface area contributed by atoms with Crippen LogP contribution in [-0.4, -0.2) is 47.3 Å². The molecule has 1 aliphatic heterocycles. The smallest absolute Gasteiger partial charge is 0.189 e. The highest BCUT2D eigenvalue weighted by Gasteiger charge is 2.27. The van der Waals surface area contributed by atoms with Crippen LogP contribution in [0.2, 0.25) is 0 Å². The van der Waals surface area contributed by atoms with E-state index in [-0.39, 0.29) is 0 Å². The zero-order chi connectivity index (χ0) is 17.9. The van der Waals surface area contributed by atoms with E-state index in [9.17, 15) is 0 Å². The molecule has 5 nitrogen and oxygen atoms in total. The summed E-state index contributed by atoms with van der Waals surface area (Å²) in [6, 6.07) is 12.3. The third kappa shape index (κ3) is 4.00. The fraction of sp³-hybridized carbons (Fsp3) is 0.450. The molecule has 134 valence electrons. The van der Waals surface area contributed by atoms with Gasteiger partial charge in [-0.05, 0) is 36.8 Å². The van der Waals surface area contributed by atoms with E-state index in [4.69, 9.17) is 10.2 Å². The fourth-order valence-corrected chi connectivity index (χ4v) is 3.73. The van der Waals surface area contributed by atoms with Crippen molar-refractivity contribution in [3.63, 3.8) is 0 Å². The van der Waals surface area contributed by atoms with Crippen molar-refractivity contribution in [2.45, 2.75) is 30.5 Å². The second kappa shape index (κ2) is 7.65. The van der Waals surface area contributed by atoms with Crippen molar-refractivity contribution in [3.05, 3.63) is 47.2 Å². The second-order valence-corrected chi connectivity index (χ2v) is 7.76. The number of benzene rings is 1. The van der Waals surface area contributed by atoms with E-state index in [0.29, 0.717) is 5.92 Å². The van der Waals surface area contributed by atoms with Crippen LogP contribution in [0.15, 0.2) is 35.5 Å². The molecule has 2 aromatic rings. The first-order valence-corrected chi connectivity index (χ1v) is 10.4. The van der Waals surface area contributed by atoms with E-state index in [1.54, 1.807) is 11.8 Å². The minimum absolute atomic E-state index is 0.653. The zero-order valence-corrected chi connectivity index (χ0v) is 15.9. The number of hydrogen-bond donors (Lipinski definition) is 0. The number of nitriles is 1. The highest BCUT2D eigenvalue weighted by molar-refractivity contribution is 7.98. The third-order valence-electron chi connectivity index (χ3n) is 5.08. The summed E-state index contributed by atoms with van der Waals surface area (Å²) in [4.78, 5) is 14.3. The highest BCUT2D eigenvalue weighted by Crippen LogP contribution is 2.40. The molecule has 1 saturated heterocycles. The molecule has 2 fully saturated rings. The maximum Gasteiger partial charge on any atom is 0.189 e. The van der Waals surface area contributed by atoms with Crippen LogP contribution < -0.4 is 4.90 Å². The van der Waals surface area contributed by atoms with Gasteiger partial charge in [-0.1, -0.05) is 23.9 Å². The Morgan fingerprint density at radius 1 is 1.12 bits per heavy atom. The number of anilines is 1. The van der Waals surface area contributed by atoms with Crippen molar-refractivity contribution >= 4 is 17.6 Å². The molecule has 6 heteroatoms. The van der Waals surface area contributed by atoms with Crippen LogP contribution in [0.4, 0.5) is 5.82 Å². The molecule has 2 heterocycles. The zero-order valence-electron chi connectivity index (χ0n) is 15.1. The standard InChI is InChI=1S/C20H23N5S/c1-26-20-22-18(17-6-7-17)12-19(23-20)25-10-8-24(9-11-25)14-16-4-2-15(13-21)3-5-16/h2-5,12,17H,6-11,14H2,1H3. The maximum absolute atomic E-state index is 8.90. The van der Waals surface area contributed by atoms with Crippen molar-refractivity contribution in [1.29, 1.82) is 5.26 Å². The first-order chi connectivity index (χ1) is 12.7. The van der Waals surface area contributed by atoms with Crippen molar-refractivity contribution in [2.24, 2.45) is 0 Å². The normalized spacial score (nSPS) is 17.9. The molecular weight excluding hydrogens is 342 g/mol. The number of piperazine rings is 1. The summed E-state index contributed by atoms with van der Waals surface area (Å²) in [5.74, 6) is 1.74. The lowest BCUT2D eigenvalue weighted by Crippen LogP contribution is -2.46. The van der Waals surface area contributed by atoms with E-state index in [0.717, 1.165) is 49.3 Å². The molecule has 1 aliphatic carbocycles. The number of hydrogen-bond acceptors (Lipinski definition) is 6. The van der Waals surface area contributed by atoms with Gasteiger partial charge in [-0.3, -0.25) is 4.90 Å². The van der Waals surface area contributed by atoms with E-state index < -0.39 is 0 Å². The Balaban J connectivity index is 1.38. The number of nitrogens with zero attached hydrogens (tertiary/aromatic N) is 5. The molecule has 1 saturated carbocycles. The van der Waals surface area contributed by atoms with Gasteiger partial charge < -0.3 is 4.90 Å². The molecule has 1 aromatic heterocycles. The maximum atomic E-state index is 8.90. The Kier molecular flexibility index (Phi) is 5.09. The minimum atomic E-state index is 0.653. The van der Waals surface area contributed by atoms with Crippen molar-refractivity contribution < 1.29 is 0 Å². The molecule has 0 spiro atoms. The van der Waals surface area contributed by atoms with E-state index in [2.05, 4.69) is 39.1 Å². The SMILES string of the molecule is CSc1nc(C2CC2)cc(N2CCN(Cc3ccc(C#N)cc3)CC2)n1. The minimum Gasteiger partial charge on any atom is -0.354 e. The van der Waals surface area contributed by atoms with Crippen LogP contribution in [-0.2, 0) is 6.54 Å². The Morgan fingerprint density at radius 2 is 1.85 bits per heavy atom. The van der Waals surface area contributed by atoms with Crippen LogP contribution >= 0.6 is 11.8 Å². The topological polar surface area (TPSA) is 56.1 Å². The summed E-state index contributed by atoms with van der Waals surface area (Å²) in [6.07, 6.45) is 4.58. The molecule has 0 amide bonds. The van der Waals surface area contributed by atoms with Gasteiger partial charge in [0.2, 0.25) is 0 Å². The van der Waals surface area contributed by atoms with E-state index in [1.807, 2.05) is 18.4 Å². The number of aromatic nitrogens is 2. The van der Waals surface area contributed by atoms with Gasteiger partial charge in [-0.25, -0.2) is 9.97 Å². The summed E-state index contributed by atoms with van der Waals surface area (Å²) >= 11 is 1.63. The van der Waals surface area contributed by atoms with Crippen LogP contribution in [0.1, 0.15) is 35.6 Å². The molecule has 4 rings (SSSR count). The lowest BCUT2D eigenvalue weighted by atomic mass is 10.1. The van der Waals surface area contributed by atoms with Gasteiger partial charge in [0.25, 0.3) is 0 Å². The van der Waals surface area contributed by atoms with Gasteiger partial charge in [0, 0.05) is 44.7 Å². The molecule has 26 heavy (non-hydrogen) atoms. The van der Waals surface area contributed by atoms with E-state index >= 15 is 0 Å². The summed E-state index contributed by atoms with van der Waals surface area (Å²) in [5.41, 5.74) is 3.21. The summed E-state index contributed by atoms with van der Waals surface area (Å²) < 4.78 is 0. The van der Waals surface area contributed by atoms with Crippen LogP contribution in [0.5, 0.6) is 0 Å². The van der Waals surface area contributed by atoms with Crippen molar-refractivity contribution in [1.82, 2.24) is 14.9 Å². The van der Waals surface area contributed by atoms with E-state index in [1.165, 1.54) is 24.1 Å². The molecule has 1 aromatic carbocycles. The lowest BCUT2D eigenvalue weighted by molar-refractivity contribution is 0.249. The lowest BCUT2D eigenvalue weighted by Gasteiger charge is -2.35. The molecule has 0 radical (unpaired) electrons. The summed E-state index contributed by atoms with van der Waals surface area (Å²) in [7, 11) is 0. The Hall–Kier alpha value is -2.10. The van der Waals surface area contributed by atoms with Gasteiger partial charge in [0.05, 0.1) is 17.3 Å². The third-order valence-corrected chi connectivity index (χ3v) is 5.62. The van der Waals surface area contributed by atoms with Crippen LogP contribution in [0.3, 0.4) is 0 Å². The molecule has 0 unspecified atom stereocenters. The Labute approximate surface area is 159 Å². The summed E-state index contributed by atoms with van der Waals surface area (Å²) in [5, 5.41) is 9.80. The van der Waals surface area contributed by atoms with Crippen molar-refractivity contribution in [3.8, 4) is 6.07 Å². The van der Waals surface area contributed by atoms with Gasteiger partial charge in [0.15, 0.2) is 5.16 Å². The van der Waals surface area contributed by atoms with Gasteiger partial charge in [-0.2, -0.15) is 5.26 Å². The average Bonchev–Trinajstić information content (AvgIpc) is 3.54. The van der Waals surface area contributed by atoms with Gasteiger partial charge in [0.1, 0.15) is 5.82 Å². The summed E-state index contributed by atoms with van der Waals surface area (Å²) in [6.45, 7) is 4.97. The quantitative estimate of drug-likeness (QED) is 0.599. The number of rotatable bonds is 5. The fourth-order valence-electron chi connectivity index (χ4n) is 3.35. The Bertz CT molecular complexity index is 802. The van der Waals surface area contributed by atoms with Crippen LogP contribution in [0, 0.1) is 11.3 Å². The largest absolute Gasteiger partial charge is 0.354 e. The predicted octanol–water partition coefficient (Wildman–Crippen LogP) is 3.27. The van der Waals surface area contributed by atoms with Crippen molar-refractivity contribution in [2.75, 3.05) is 37.3 Å². The second-order valence-electron chi connectivity index (χ2n) is 6.98. The predicted molar refractivity (Wildman–Crippen MR) is 104 cm³/mol. The molecule has 0 bridgehead atoms. The first kappa shape index (κ1) is 17.3. The number of thioether (sulfide) groups is 1. The molecule has 0 atom stereocenters. The molecule has 0 N–H and O–H groups in total. The monoisotopic (exact) mass is 365 g/mol. The highest BCUT2D eigenvalue weighted by atomic mass is 32.2. The van der Waals surface area contributed by atoms with Crippen LogP contribution in [0.25, 0.3) is 0 Å². The molecule has 2 aliphatic rings. The van der Waals surface area contributed by atoms with Gasteiger partial charge >= 0.3 is 0 Å². The average molecular weight is 366 g/mol. The molecular formula is C20H23N5S. The van der Waals surface area contributed by atoms with Gasteiger partial charge in [-0.15, -0.1) is 0 Å².